The van der Waals surface area contributed by atoms with Gasteiger partial charge in [0.1, 0.15) is 23.7 Å². The van der Waals surface area contributed by atoms with E-state index in [0.717, 1.165) is 37.0 Å². The van der Waals surface area contributed by atoms with Crippen LogP contribution in [0.5, 0.6) is 5.75 Å². The lowest BCUT2D eigenvalue weighted by molar-refractivity contribution is -0.0637. The molecule has 1 amide bonds. The molecule has 2 aromatic rings. The summed E-state index contributed by atoms with van der Waals surface area (Å²) < 4.78 is 18.0. The molecule has 1 heterocycles. The number of aliphatic hydroxyl groups excluding tert-OH is 1. The summed E-state index contributed by atoms with van der Waals surface area (Å²) in [6.07, 6.45) is 2.87. The molecule has 6 heteroatoms. The fourth-order valence-electron chi connectivity index (χ4n) is 6.21. The number of aryl methyl sites for hydroxylation is 3. The summed E-state index contributed by atoms with van der Waals surface area (Å²) in [6, 6.07) is 13.2. The van der Waals surface area contributed by atoms with Gasteiger partial charge in [0, 0.05) is 5.41 Å². The summed E-state index contributed by atoms with van der Waals surface area (Å²) in [6.45, 7) is 25.2. The number of aliphatic hydroxyl groups is 1. The van der Waals surface area contributed by atoms with Crippen molar-refractivity contribution in [3.8, 4) is 5.75 Å². The maximum atomic E-state index is 13.0. The topological polar surface area (TPSA) is 68.2 Å². The van der Waals surface area contributed by atoms with Crippen LogP contribution in [0.4, 0.5) is 4.79 Å². The third-order valence-electron chi connectivity index (χ3n) is 9.11. The second-order valence-electron chi connectivity index (χ2n) is 14.9. The average molecular weight is 596 g/mol. The molecule has 1 aliphatic heterocycles. The van der Waals surface area contributed by atoms with Crippen LogP contribution >= 0.6 is 0 Å². The molecule has 0 aliphatic carbocycles. The van der Waals surface area contributed by atoms with Crippen LogP contribution in [0.15, 0.2) is 36.4 Å². The second-order valence-corrected chi connectivity index (χ2v) is 14.9. The van der Waals surface area contributed by atoms with Gasteiger partial charge in [0.25, 0.3) is 0 Å². The molecule has 240 valence electrons. The predicted octanol–water partition coefficient (Wildman–Crippen LogP) is 8.50. The van der Waals surface area contributed by atoms with E-state index < -0.39 is 17.4 Å². The third kappa shape index (κ3) is 8.13. The van der Waals surface area contributed by atoms with Crippen LogP contribution < -0.4 is 4.74 Å². The van der Waals surface area contributed by atoms with Gasteiger partial charge in [0.2, 0.25) is 0 Å². The van der Waals surface area contributed by atoms with Crippen molar-refractivity contribution in [3.05, 3.63) is 64.2 Å². The zero-order valence-corrected chi connectivity index (χ0v) is 28.9. The fraction of sp³-hybridized carbons (Fsp3) is 0.649. The summed E-state index contributed by atoms with van der Waals surface area (Å²) in [7, 11) is 0. The maximum Gasteiger partial charge on any atom is 0.413 e. The molecular formula is C37H57NO5. The minimum Gasteiger partial charge on any atom is -0.491 e. The molecule has 6 nitrogen and oxygen atoms in total. The lowest BCUT2D eigenvalue weighted by Gasteiger charge is -2.35. The molecule has 0 radical (unpaired) electrons. The monoisotopic (exact) mass is 595 g/mol. The first-order chi connectivity index (χ1) is 19.8. The predicted molar refractivity (Wildman–Crippen MR) is 175 cm³/mol. The van der Waals surface area contributed by atoms with Gasteiger partial charge < -0.3 is 19.3 Å². The van der Waals surface area contributed by atoms with Crippen LogP contribution in [-0.4, -0.2) is 52.8 Å². The first kappa shape index (κ1) is 34.9. The molecule has 1 N–H and O–H groups in total. The van der Waals surface area contributed by atoms with Gasteiger partial charge in [-0.25, -0.2) is 4.79 Å². The van der Waals surface area contributed by atoms with Crippen molar-refractivity contribution in [3.63, 3.8) is 0 Å². The average Bonchev–Trinajstić information content (AvgIpc) is 3.20. The highest BCUT2D eigenvalue weighted by Gasteiger charge is 2.46. The van der Waals surface area contributed by atoms with Crippen molar-refractivity contribution >= 4 is 6.09 Å². The zero-order chi connectivity index (χ0) is 32.4. The Morgan fingerprint density at radius 3 is 2.09 bits per heavy atom. The number of carbonyl (C=O) groups excluding carboxylic acids is 1. The molecule has 3 rings (SSSR count). The summed E-state index contributed by atoms with van der Waals surface area (Å²) in [5.74, 6) is 0.808. The van der Waals surface area contributed by atoms with Crippen LogP contribution in [0.25, 0.3) is 0 Å². The fourth-order valence-corrected chi connectivity index (χ4v) is 6.21. The van der Waals surface area contributed by atoms with Crippen molar-refractivity contribution in [2.24, 2.45) is 5.41 Å². The zero-order valence-electron chi connectivity index (χ0n) is 28.9. The van der Waals surface area contributed by atoms with Gasteiger partial charge in [-0.1, -0.05) is 65.0 Å². The molecular weight excluding hydrogens is 538 g/mol. The molecule has 0 spiro atoms. The summed E-state index contributed by atoms with van der Waals surface area (Å²) in [4.78, 5) is 14.7. The van der Waals surface area contributed by atoms with E-state index in [1.54, 1.807) is 4.90 Å². The van der Waals surface area contributed by atoms with E-state index in [4.69, 9.17) is 14.2 Å². The van der Waals surface area contributed by atoms with Crippen molar-refractivity contribution in [1.82, 2.24) is 4.90 Å². The van der Waals surface area contributed by atoms with Crippen molar-refractivity contribution in [1.29, 1.82) is 0 Å². The van der Waals surface area contributed by atoms with E-state index in [1.807, 2.05) is 34.6 Å². The Kier molecular flexibility index (Phi) is 10.7. The molecule has 1 unspecified atom stereocenters. The van der Waals surface area contributed by atoms with Crippen LogP contribution in [0.2, 0.25) is 0 Å². The van der Waals surface area contributed by atoms with E-state index in [0.29, 0.717) is 13.2 Å². The summed E-state index contributed by atoms with van der Waals surface area (Å²) >= 11 is 0. The van der Waals surface area contributed by atoms with E-state index in [1.165, 1.54) is 22.3 Å². The Labute approximate surface area is 261 Å². The number of carbonyl (C=O) groups is 1. The van der Waals surface area contributed by atoms with Gasteiger partial charge in [-0.3, -0.25) is 4.90 Å². The maximum absolute atomic E-state index is 13.0. The second kappa shape index (κ2) is 13.2. The normalized spacial score (nSPS) is 18.1. The lowest BCUT2D eigenvalue weighted by Crippen LogP contribution is -2.51. The Morgan fingerprint density at radius 1 is 1.00 bits per heavy atom. The summed E-state index contributed by atoms with van der Waals surface area (Å²) in [5, 5.41) is 10.6. The minimum atomic E-state index is -0.767. The Hall–Kier alpha value is -2.57. The van der Waals surface area contributed by atoms with E-state index in [9.17, 15) is 9.90 Å². The molecule has 2 atom stereocenters. The number of hydrogen-bond acceptors (Lipinski definition) is 5. The number of hydrogen-bond donors (Lipinski definition) is 1. The quantitative estimate of drug-likeness (QED) is 0.298. The van der Waals surface area contributed by atoms with E-state index >= 15 is 0 Å². The van der Waals surface area contributed by atoms with Gasteiger partial charge in [-0.15, -0.1) is 0 Å². The Balaban J connectivity index is 1.80. The Morgan fingerprint density at radius 2 is 1.58 bits per heavy atom. The van der Waals surface area contributed by atoms with E-state index in [2.05, 4.69) is 84.9 Å². The number of benzene rings is 2. The van der Waals surface area contributed by atoms with Crippen molar-refractivity contribution < 1.29 is 24.1 Å². The van der Waals surface area contributed by atoms with Crippen molar-refractivity contribution in [2.45, 2.75) is 138 Å². The molecule has 1 fully saturated rings. The van der Waals surface area contributed by atoms with Gasteiger partial charge >= 0.3 is 6.09 Å². The first-order valence-electron chi connectivity index (χ1n) is 16.0. The molecule has 1 aliphatic rings. The van der Waals surface area contributed by atoms with E-state index in [-0.39, 0.29) is 23.0 Å². The van der Waals surface area contributed by atoms with Gasteiger partial charge in [-0.05, 0) is 113 Å². The molecule has 0 aromatic heterocycles. The minimum absolute atomic E-state index is 0.111. The molecule has 2 aromatic carbocycles. The van der Waals surface area contributed by atoms with Crippen LogP contribution in [0, 0.1) is 19.3 Å². The highest BCUT2D eigenvalue weighted by Crippen LogP contribution is 2.41. The SMILES string of the molecule is CCC(CC)(c1ccc(CCC(O)C(C)(C)C)c(C)c1)c1ccc(OC[C@@H]2COC(C)(C)N2C(=O)OC(C)(C)C)c(C)c1. The smallest absolute Gasteiger partial charge is 0.413 e. The Bertz CT molecular complexity index is 1250. The highest BCUT2D eigenvalue weighted by atomic mass is 16.6. The van der Waals surface area contributed by atoms with Crippen molar-refractivity contribution in [2.75, 3.05) is 13.2 Å². The number of nitrogens with zero attached hydrogens (tertiary/aromatic N) is 1. The molecule has 0 saturated carbocycles. The van der Waals surface area contributed by atoms with Gasteiger partial charge in [-0.2, -0.15) is 0 Å². The van der Waals surface area contributed by atoms with Crippen LogP contribution in [0.1, 0.15) is 116 Å². The third-order valence-corrected chi connectivity index (χ3v) is 9.11. The van der Waals surface area contributed by atoms with Crippen LogP contribution in [0.3, 0.4) is 0 Å². The first-order valence-corrected chi connectivity index (χ1v) is 16.0. The highest BCUT2D eigenvalue weighted by molar-refractivity contribution is 5.69. The number of rotatable bonds is 10. The standard InChI is InChI=1S/C37H57NO5/c1-13-37(14-2,28-17-15-27(25(3)21-28)16-20-32(39)34(5,6)7)29-18-19-31(26(4)22-29)41-23-30-24-42-36(11,12)38(30)33(40)43-35(8,9)10/h15,17-19,21-22,30,32,39H,13-14,16,20,23-24H2,1-12H3/t30-,32?/m1/s1. The van der Waals surface area contributed by atoms with Gasteiger partial charge in [0.15, 0.2) is 0 Å². The molecule has 0 bridgehead atoms. The lowest BCUT2D eigenvalue weighted by atomic mass is 9.69. The summed E-state index contributed by atoms with van der Waals surface area (Å²) in [5.41, 5.74) is 4.65. The molecule has 1 saturated heterocycles. The largest absolute Gasteiger partial charge is 0.491 e. The molecule has 43 heavy (non-hydrogen) atoms. The van der Waals surface area contributed by atoms with Crippen LogP contribution in [-0.2, 0) is 21.3 Å². The number of amides is 1. The number of ether oxygens (including phenoxy) is 3. The van der Waals surface area contributed by atoms with Gasteiger partial charge in [0.05, 0.1) is 18.8 Å².